The van der Waals surface area contributed by atoms with Gasteiger partial charge < -0.3 is 19.6 Å². The second-order valence-corrected chi connectivity index (χ2v) is 9.47. The Morgan fingerprint density at radius 2 is 1.82 bits per heavy atom. The highest BCUT2D eigenvalue weighted by atomic mass is 16.5. The Morgan fingerprint density at radius 1 is 1.12 bits per heavy atom. The molecule has 3 saturated heterocycles. The molecule has 4 aliphatic rings. The van der Waals surface area contributed by atoms with E-state index in [9.17, 15) is 29.1 Å². The summed E-state index contributed by atoms with van der Waals surface area (Å²) in [6.45, 7) is -1.11. The Bertz CT molecular complexity index is 1060. The summed E-state index contributed by atoms with van der Waals surface area (Å²) in [6.07, 6.45) is 1.66. The van der Waals surface area contributed by atoms with E-state index in [1.807, 2.05) is 30.3 Å². The molecule has 10 heteroatoms. The molecule has 3 aliphatic heterocycles. The average Bonchev–Trinajstić information content (AvgIpc) is 3.58. The Labute approximate surface area is 196 Å². The van der Waals surface area contributed by atoms with Crippen molar-refractivity contribution in [3.05, 3.63) is 35.9 Å². The zero-order valence-corrected chi connectivity index (χ0v) is 18.9. The molecule has 0 aromatic heterocycles. The first-order valence-electron chi connectivity index (χ1n) is 11.5. The third-order valence-corrected chi connectivity index (χ3v) is 7.61. The molecule has 1 aliphatic carbocycles. The number of ether oxygens (including phenoxy) is 1. The molecule has 4 fully saturated rings. The minimum atomic E-state index is -1.60. The van der Waals surface area contributed by atoms with Crippen molar-refractivity contribution in [2.45, 2.75) is 30.8 Å². The number of hydrogen-bond acceptors (Lipinski definition) is 7. The largest absolute Gasteiger partial charge is 0.468 e. The van der Waals surface area contributed by atoms with Gasteiger partial charge in [-0.25, -0.2) is 0 Å². The maximum absolute atomic E-state index is 14.1. The number of benzene rings is 1. The van der Waals surface area contributed by atoms with Gasteiger partial charge in [-0.05, 0) is 24.3 Å². The van der Waals surface area contributed by atoms with E-state index < -0.39 is 53.7 Å². The minimum absolute atomic E-state index is 0.0149. The second kappa shape index (κ2) is 8.19. The van der Waals surface area contributed by atoms with Crippen LogP contribution in [0.15, 0.2) is 30.3 Å². The molecule has 5 rings (SSSR count). The lowest BCUT2D eigenvalue weighted by atomic mass is 9.74. The smallest absolute Gasteiger partial charge is 0.325 e. The number of rotatable bonds is 7. The predicted octanol–water partition coefficient (Wildman–Crippen LogP) is -0.803. The van der Waals surface area contributed by atoms with Gasteiger partial charge in [0.15, 0.2) is 0 Å². The van der Waals surface area contributed by atoms with Crippen LogP contribution in [0.1, 0.15) is 18.4 Å². The summed E-state index contributed by atoms with van der Waals surface area (Å²) < 4.78 is 4.68. The lowest BCUT2D eigenvalue weighted by Crippen LogP contribution is -2.71. The quantitative estimate of drug-likeness (QED) is 0.409. The monoisotopic (exact) mass is 469 g/mol. The van der Waals surface area contributed by atoms with Gasteiger partial charge in [0.1, 0.15) is 12.1 Å². The molecule has 4 atom stereocenters. The fraction of sp³-hybridized carbons (Fsp3) is 0.542. The molecule has 3 heterocycles. The van der Waals surface area contributed by atoms with Crippen molar-refractivity contribution in [1.29, 1.82) is 0 Å². The van der Waals surface area contributed by atoms with Crippen molar-refractivity contribution in [2.75, 3.05) is 33.4 Å². The third-order valence-electron chi connectivity index (χ3n) is 7.61. The minimum Gasteiger partial charge on any atom is -0.468 e. The fourth-order valence-electron chi connectivity index (χ4n) is 6.15. The lowest BCUT2D eigenvalue weighted by Gasteiger charge is -2.49. The number of aliphatic hydroxyl groups is 1. The van der Waals surface area contributed by atoms with E-state index in [1.165, 1.54) is 16.9 Å². The summed E-state index contributed by atoms with van der Waals surface area (Å²) in [5.41, 5.74) is -0.845. The van der Waals surface area contributed by atoms with Crippen molar-refractivity contribution in [3.8, 4) is 0 Å². The van der Waals surface area contributed by atoms with Crippen LogP contribution in [0.4, 0.5) is 0 Å². The molecule has 1 aromatic rings. The molecule has 180 valence electrons. The van der Waals surface area contributed by atoms with Crippen LogP contribution >= 0.6 is 0 Å². The molecule has 0 unspecified atom stereocenters. The van der Waals surface area contributed by atoms with Gasteiger partial charge in [-0.1, -0.05) is 30.3 Å². The maximum atomic E-state index is 14.1. The number of amides is 4. The summed E-state index contributed by atoms with van der Waals surface area (Å²) >= 11 is 0. The number of β-amino-alcohol motifs (C(OH)–C–C–N with tert-alkyl or cyclic N) is 1. The molecule has 0 bridgehead atoms. The van der Waals surface area contributed by atoms with Crippen molar-refractivity contribution >= 4 is 29.6 Å². The van der Waals surface area contributed by atoms with Gasteiger partial charge in [-0.2, -0.15) is 0 Å². The zero-order chi connectivity index (χ0) is 24.2. The third kappa shape index (κ3) is 3.15. The Kier molecular flexibility index (Phi) is 5.43. The Balaban J connectivity index is 1.67. The van der Waals surface area contributed by atoms with E-state index >= 15 is 0 Å². The van der Waals surface area contributed by atoms with Crippen LogP contribution in [-0.2, 0) is 35.1 Å². The van der Waals surface area contributed by atoms with Gasteiger partial charge >= 0.3 is 5.97 Å². The van der Waals surface area contributed by atoms with Gasteiger partial charge in [0.2, 0.25) is 23.6 Å². The molecular weight excluding hydrogens is 442 g/mol. The number of aliphatic hydroxyl groups excluding tert-OH is 1. The van der Waals surface area contributed by atoms with Crippen LogP contribution in [0.5, 0.6) is 0 Å². The van der Waals surface area contributed by atoms with Gasteiger partial charge in [0, 0.05) is 19.0 Å². The second-order valence-electron chi connectivity index (χ2n) is 9.47. The van der Waals surface area contributed by atoms with Crippen LogP contribution in [-0.4, -0.2) is 94.3 Å². The van der Waals surface area contributed by atoms with E-state index in [4.69, 9.17) is 0 Å². The molecule has 34 heavy (non-hydrogen) atoms. The number of fused-ring (bicyclic) bond motifs is 3. The highest BCUT2D eigenvalue weighted by Gasteiger charge is 2.75. The molecule has 0 radical (unpaired) electrons. The van der Waals surface area contributed by atoms with Crippen LogP contribution in [0, 0.1) is 17.8 Å². The van der Waals surface area contributed by atoms with Gasteiger partial charge in [-0.3, -0.25) is 28.9 Å². The standard InChI is InChI=1S/C24H27N3O7/c1-34-17(30)13-26-21(31)18-19(22(26)32)24(11-14-5-3-2-4-6-14)23(33)25(9-10-28)12-16(29)27(24)20(18)15-7-8-15/h2-6,15,18-20,28H,7-13H2,1H3/t18-,19-,20-,24-/m1/s1. The summed E-state index contributed by atoms with van der Waals surface area (Å²) in [5.74, 6) is -4.64. The number of carbonyl (C=O) groups excluding carboxylic acids is 5. The van der Waals surface area contributed by atoms with E-state index in [-0.39, 0.29) is 37.9 Å². The first-order chi connectivity index (χ1) is 16.3. The molecule has 10 nitrogen and oxygen atoms in total. The van der Waals surface area contributed by atoms with Crippen LogP contribution in [0.25, 0.3) is 0 Å². The number of methoxy groups -OCH3 is 1. The maximum Gasteiger partial charge on any atom is 0.325 e. The summed E-state index contributed by atoms with van der Waals surface area (Å²) in [7, 11) is 1.18. The van der Waals surface area contributed by atoms with E-state index in [2.05, 4.69) is 4.74 Å². The van der Waals surface area contributed by atoms with E-state index in [0.29, 0.717) is 0 Å². The number of carbonyl (C=O) groups is 5. The average molecular weight is 469 g/mol. The summed E-state index contributed by atoms with van der Waals surface area (Å²) in [4.78, 5) is 70.6. The number of nitrogens with zero attached hydrogens (tertiary/aromatic N) is 3. The summed E-state index contributed by atoms with van der Waals surface area (Å²) in [5, 5.41) is 9.54. The van der Waals surface area contributed by atoms with Crippen molar-refractivity contribution in [1.82, 2.24) is 14.7 Å². The molecular formula is C24H27N3O7. The van der Waals surface area contributed by atoms with Crippen LogP contribution in [0.3, 0.4) is 0 Å². The Morgan fingerprint density at radius 3 is 2.44 bits per heavy atom. The van der Waals surface area contributed by atoms with Crippen molar-refractivity contribution in [2.24, 2.45) is 17.8 Å². The van der Waals surface area contributed by atoms with Crippen LogP contribution in [0.2, 0.25) is 0 Å². The fourth-order valence-corrected chi connectivity index (χ4v) is 6.15. The number of likely N-dealkylation sites (tertiary alicyclic amines) is 1. The predicted molar refractivity (Wildman–Crippen MR) is 116 cm³/mol. The zero-order valence-electron chi connectivity index (χ0n) is 18.9. The summed E-state index contributed by atoms with van der Waals surface area (Å²) in [6, 6.07) is 8.52. The number of hydrogen-bond donors (Lipinski definition) is 1. The van der Waals surface area contributed by atoms with Gasteiger partial charge in [0.05, 0.1) is 32.1 Å². The molecule has 1 saturated carbocycles. The first kappa shape index (κ1) is 22.5. The molecule has 0 spiro atoms. The van der Waals surface area contributed by atoms with Crippen LogP contribution < -0.4 is 0 Å². The number of esters is 1. The Hall–Kier alpha value is -3.27. The SMILES string of the molecule is COC(=O)CN1C(=O)[C@H]2[C@@H](C3CC3)N3C(=O)CN(CCO)C(=O)[C@@]3(Cc3ccccc3)[C@H]2C1=O. The molecule has 1 aromatic carbocycles. The topological polar surface area (TPSA) is 125 Å². The van der Waals surface area contributed by atoms with Crippen molar-refractivity contribution in [3.63, 3.8) is 0 Å². The highest BCUT2D eigenvalue weighted by molar-refractivity contribution is 6.14. The molecule has 4 amide bonds. The normalized spacial score (nSPS) is 30.6. The lowest BCUT2D eigenvalue weighted by molar-refractivity contribution is -0.170. The van der Waals surface area contributed by atoms with Gasteiger partial charge in [0.25, 0.3) is 0 Å². The highest BCUT2D eigenvalue weighted by Crippen LogP contribution is 2.57. The number of imide groups is 1. The van der Waals surface area contributed by atoms with Crippen molar-refractivity contribution < 1.29 is 33.8 Å². The molecule has 1 N–H and O–H groups in total. The van der Waals surface area contributed by atoms with E-state index in [1.54, 1.807) is 0 Å². The van der Waals surface area contributed by atoms with Gasteiger partial charge in [-0.15, -0.1) is 0 Å². The van der Waals surface area contributed by atoms with E-state index in [0.717, 1.165) is 23.3 Å². The first-order valence-corrected chi connectivity index (χ1v) is 11.5. The number of piperazine rings is 1.